The SMILES string of the molecule is Cc1cccc(C)c1N1C(=O)CC(NC2CCCC2)C1=O. The molecule has 0 spiro atoms. The van der Waals surface area contributed by atoms with Crippen LogP contribution in [0.1, 0.15) is 43.2 Å². The molecule has 0 radical (unpaired) electrons. The molecule has 1 saturated carbocycles. The van der Waals surface area contributed by atoms with Crippen LogP contribution in [-0.4, -0.2) is 23.9 Å². The quantitative estimate of drug-likeness (QED) is 0.868. The number of benzene rings is 1. The Morgan fingerprint density at radius 2 is 1.71 bits per heavy atom. The van der Waals surface area contributed by atoms with Gasteiger partial charge in [-0.05, 0) is 37.8 Å². The molecule has 1 heterocycles. The van der Waals surface area contributed by atoms with E-state index in [0.717, 1.165) is 29.7 Å². The first-order valence-corrected chi connectivity index (χ1v) is 7.77. The van der Waals surface area contributed by atoms with Gasteiger partial charge in [-0.1, -0.05) is 31.0 Å². The smallest absolute Gasteiger partial charge is 0.251 e. The Bertz CT molecular complexity index is 556. The van der Waals surface area contributed by atoms with Crippen molar-refractivity contribution in [3.63, 3.8) is 0 Å². The van der Waals surface area contributed by atoms with E-state index in [1.165, 1.54) is 17.7 Å². The number of nitrogens with zero attached hydrogens (tertiary/aromatic N) is 1. The van der Waals surface area contributed by atoms with Crippen molar-refractivity contribution in [2.45, 2.75) is 58.0 Å². The van der Waals surface area contributed by atoms with Crippen LogP contribution < -0.4 is 10.2 Å². The van der Waals surface area contributed by atoms with Gasteiger partial charge in [0.25, 0.3) is 5.91 Å². The van der Waals surface area contributed by atoms with Gasteiger partial charge in [-0.2, -0.15) is 0 Å². The number of carbonyl (C=O) groups is 2. The summed E-state index contributed by atoms with van der Waals surface area (Å²) in [5.41, 5.74) is 2.71. The van der Waals surface area contributed by atoms with Crippen LogP contribution in [0.15, 0.2) is 18.2 Å². The molecule has 1 N–H and O–H groups in total. The fourth-order valence-corrected chi connectivity index (χ4v) is 3.53. The van der Waals surface area contributed by atoms with Crippen molar-refractivity contribution in [3.05, 3.63) is 29.3 Å². The highest BCUT2D eigenvalue weighted by atomic mass is 16.2. The lowest BCUT2D eigenvalue weighted by Gasteiger charge is -2.21. The number of rotatable bonds is 3. The molecule has 2 amide bonds. The number of anilines is 1. The molecule has 1 aliphatic heterocycles. The number of carbonyl (C=O) groups excluding carboxylic acids is 2. The van der Waals surface area contributed by atoms with Gasteiger partial charge in [0.15, 0.2) is 0 Å². The zero-order chi connectivity index (χ0) is 15.0. The van der Waals surface area contributed by atoms with Gasteiger partial charge in [0.1, 0.15) is 0 Å². The highest BCUT2D eigenvalue weighted by molar-refractivity contribution is 6.23. The van der Waals surface area contributed by atoms with Crippen molar-refractivity contribution < 1.29 is 9.59 Å². The van der Waals surface area contributed by atoms with Crippen LogP contribution in [0.25, 0.3) is 0 Å². The second kappa shape index (κ2) is 5.60. The van der Waals surface area contributed by atoms with Gasteiger partial charge < -0.3 is 5.32 Å². The first kappa shape index (κ1) is 14.3. The van der Waals surface area contributed by atoms with Gasteiger partial charge in [-0.3, -0.25) is 9.59 Å². The molecular weight excluding hydrogens is 264 g/mol. The first-order chi connectivity index (χ1) is 10.1. The van der Waals surface area contributed by atoms with Crippen LogP contribution in [0, 0.1) is 13.8 Å². The fourth-order valence-electron chi connectivity index (χ4n) is 3.53. The Balaban J connectivity index is 1.83. The van der Waals surface area contributed by atoms with Crippen molar-refractivity contribution in [2.24, 2.45) is 0 Å². The number of imide groups is 1. The molecule has 1 aliphatic carbocycles. The summed E-state index contributed by atoms with van der Waals surface area (Å²) in [6.45, 7) is 3.89. The van der Waals surface area contributed by atoms with Crippen molar-refractivity contribution in [2.75, 3.05) is 4.90 Å². The Hall–Kier alpha value is -1.68. The summed E-state index contributed by atoms with van der Waals surface area (Å²) in [5, 5.41) is 3.38. The van der Waals surface area contributed by atoms with Crippen LogP contribution in [-0.2, 0) is 9.59 Å². The maximum atomic E-state index is 12.7. The molecule has 112 valence electrons. The van der Waals surface area contributed by atoms with Gasteiger partial charge in [0.2, 0.25) is 5.91 Å². The molecule has 0 bridgehead atoms. The minimum Gasteiger partial charge on any atom is -0.303 e. The summed E-state index contributed by atoms with van der Waals surface area (Å²) >= 11 is 0. The lowest BCUT2D eigenvalue weighted by molar-refractivity contribution is -0.121. The largest absolute Gasteiger partial charge is 0.303 e. The summed E-state index contributed by atoms with van der Waals surface area (Å²) in [4.78, 5) is 26.4. The van der Waals surface area contributed by atoms with Crippen LogP contribution in [0.3, 0.4) is 0 Å². The minimum absolute atomic E-state index is 0.0899. The maximum Gasteiger partial charge on any atom is 0.251 e. The summed E-state index contributed by atoms with van der Waals surface area (Å²) in [6, 6.07) is 5.89. The molecule has 3 rings (SSSR count). The van der Waals surface area contributed by atoms with E-state index < -0.39 is 0 Å². The van der Waals surface area contributed by atoms with Crippen LogP contribution in [0.4, 0.5) is 5.69 Å². The van der Waals surface area contributed by atoms with E-state index in [0.29, 0.717) is 6.04 Å². The molecule has 2 aliphatic rings. The first-order valence-electron chi connectivity index (χ1n) is 7.77. The number of nitrogens with one attached hydrogen (secondary N) is 1. The third kappa shape index (κ3) is 2.60. The average Bonchev–Trinajstić information content (AvgIpc) is 3.02. The normalized spacial score (nSPS) is 23.3. The molecule has 2 fully saturated rings. The van der Waals surface area contributed by atoms with E-state index in [2.05, 4.69) is 5.32 Å². The van der Waals surface area contributed by atoms with Crippen molar-refractivity contribution >= 4 is 17.5 Å². The molecule has 1 aromatic carbocycles. The molecule has 21 heavy (non-hydrogen) atoms. The second-order valence-corrected chi connectivity index (χ2v) is 6.21. The Kier molecular flexibility index (Phi) is 3.81. The fraction of sp³-hybridized carbons (Fsp3) is 0.529. The van der Waals surface area contributed by atoms with E-state index >= 15 is 0 Å². The van der Waals surface area contributed by atoms with Crippen LogP contribution >= 0.6 is 0 Å². The van der Waals surface area contributed by atoms with Gasteiger partial charge in [0, 0.05) is 6.04 Å². The van der Waals surface area contributed by atoms with Gasteiger partial charge in [-0.15, -0.1) is 0 Å². The number of hydrogen-bond donors (Lipinski definition) is 1. The van der Waals surface area contributed by atoms with E-state index in [9.17, 15) is 9.59 Å². The van der Waals surface area contributed by atoms with Crippen LogP contribution in [0.2, 0.25) is 0 Å². The summed E-state index contributed by atoms with van der Waals surface area (Å²) in [6.07, 6.45) is 4.94. The van der Waals surface area contributed by atoms with Crippen molar-refractivity contribution in [1.29, 1.82) is 0 Å². The topological polar surface area (TPSA) is 49.4 Å². The predicted octanol–water partition coefficient (Wildman–Crippen LogP) is 2.47. The number of amides is 2. The van der Waals surface area contributed by atoms with E-state index in [1.54, 1.807) is 0 Å². The molecule has 0 aromatic heterocycles. The van der Waals surface area contributed by atoms with E-state index in [4.69, 9.17) is 0 Å². The average molecular weight is 286 g/mol. The zero-order valence-electron chi connectivity index (χ0n) is 12.7. The van der Waals surface area contributed by atoms with Crippen LogP contribution in [0.5, 0.6) is 0 Å². The molecule has 4 nitrogen and oxygen atoms in total. The number of aryl methyl sites for hydroxylation is 2. The van der Waals surface area contributed by atoms with Gasteiger partial charge in [0.05, 0.1) is 18.2 Å². The maximum absolute atomic E-state index is 12.7. The Labute approximate surface area is 125 Å². The van der Waals surface area contributed by atoms with Gasteiger partial charge in [-0.25, -0.2) is 4.90 Å². The molecule has 1 atom stereocenters. The number of para-hydroxylation sites is 1. The second-order valence-electron chi connectivity index (χ2n) is 6.21. The van der Waals surface area contributed by atoms with Crippen molar-refractivity contribution in [1.82, 2.24) is 5.32 Å². The Morgan fingerprint density at radius 3 is 2.33 bits per heavy atom. The lowest BCUT2D eigenvalue weighted by atomic mass is 10.1. The van der Waals surface area contributed by atoms with E-state index in [-0.39, 0.29) is 24.3 Å². The molecule has 1 unspecified atom stereocenters. The lowest BCUT2D eigenvalue weighted by Crippen LogP contribution is -2.43. The zero-order valence-corrected chi connectivity index (χ0v) is 12.7. The highest BCUT2D eigenvalue weighted by Gasteiger charge is 2.41. The standard InChI is InChI=1S/C17H22N2O2/c1-11-6-5-7-12(2)16(11)19-15(20)10-14(17(19)21)18-13-8-3-4-9-13/h5-7,13-14,18H,3-4,8-10H2,1-2H3. The minimum atomic E-state index is -0.348. The molecule has 1 saturated heterocycles. The van der Waals surface area contributed by atoms with E-state index in [1.807, 2.05) is 32.0 Å². The van der Waals surface area contributed by atoms with Gasteiger partial charge >= 0.3 is 0 Å². The molecular formula is C17H22N2O2. The predicted molar refractivity (Wildman–Crippen MR) is 82.2 cm³/mol. The van der Waals surface area contributed by atoms with Crippen molar-refractivity contribution in [3.8, 4) is 0 Å². The highest BCUT2D eigenvalue weighted by Crippen LogP contribution is 2.30. The molecule has 4 heteroatoms. The Morgan fingerprint density at radius 1 is 1.10 bits per heavy atom. The monoisotopic (exact) mass is 286 g/mol. The third-order valence-corrected chi connectivity index (χ3v) is 4.60. The summed E-state index contributed by atoms with van der Waals surface area (Å²) < 4.78 is 0. The summed E-state index contributed by atoms with van der Waals surface area (Å²) in [7, 11) is 0. The number of hydrogen-bond acceptors (Lipinski definition) is 3. The molecule has 1 aromatic rings. The summed E-state index contributed by atoms with van der Waals surface area (Å²) in [5.74, 6) is -0.183. The third-order valence-electron chi connectivity index (χ3n) is 4.60.